The van der Waals surface area contributed by atoms with Crippen molar-refractivity contribution in [3.63, 3.8) is 0 Å². The van der Waals surface area contributed by atoms with E-state index in [1.165, 1.54) is 29.8 Å². The summed E-state index contributed by atoms with van der Waals surface area (Å²) in [5.74, 6) is 0.720. The molecule has 25 heavy (non-hydrogen) atoms. The summed E-state index contributed by atoms with van der Waals surface area (Å²) in [7, 11) is 0. The van der Waals surface area contributed by atoms with Gasteiger partial charge in [-0.05, 0) is 37.0 Å². The molecular weight excluding hydrogens is 312 g/mol. The Morgan fingerprint density at radius 2 is 1.92 bits per heavy atom. The van der Waals surface area contributed by atoms with E-state index in [0.29, 0.717) is 0 Å². The summed E-state index contributed by atoms with van der Waals surface area (Å²) in [5, 5.41) is 16.5. The molecule has 1 aliphatic heterocycles. The molecule has 0 saturated heterocycles. The first-order valence-corrected chi connectivity index (χ1v) is 9.12. The van der Waals surface area contributed by atoms with Gasteiger partial charge in [-0.25, -0.2) is 4.68 Å². The molecule has 6 heteroatoms. The van der Waals surface area contributed by atoms with Gasteiger partial charge in [-0.15, -0.1) is 5.10 Å². The minimum Gasteiger partial charge on any atom is -0.297 e. The van der Waals surface area contributed by atoms with Crippen LogP contribution in [0.15, 0.2) is 36.5 Å². The van der Waals surface area contributed by atoms with Gasteiger partial charge in [0.1, 0.15) is 0 Å². The van der Waals surface area contributed by atoms with E-state index >= 15 is 0 Å². The number of nitrogens with one attached hydrogen (secondary N) is 1. The van der Waals surface area contributed by atoms with Crippen LogP contribution < -0.4 is 0 Å². The number of aromatic nitrogens is 5. The fourth-order valence-corrected chi connectivity index (χ4v) is 3.71. The Hall–Kier alpha value is -2.47. The quantitative estimate of drug-likeness (QED) is 0.796. The normalized spacial score (nSPS) is 18.1. The highest BCUT2D eigenvalue weighted by molar-refractivity contribution is 5.32. The van der Waals surface area contributed by atoms with Gasteiger partial charge in [0.15, 0.2) is 0 Å². The van der Waals surface area contributed by atoms with Crippen LogP contribution in [0, 0.1) is 0 Å². The molecule has 3 heterocycles. The summed E-state index contributed by atoms with van der Waals surface area (Å²) in [6.07, 6.45) is 6.79. The zero-order chi connectivity index (χ0) is 16.6. The molecule has 0 spiro atoms. The van der Waals surface area contributed by atoms with E-state index in [-0.39, 0.29) is 0 Å². The number of hydrogen-bond acceptors (Lipinski definition) is 4. The van der Waals surface area contributed by atoms with Crippen LogP contribution in [0.2, 0.25) is 0 Å². The average molecular weight is 334 g/mol. The Morgan fingerprint density at radius 1 is 1.08 bits per heavy atom. The van der Waals surface area contributed by atoms with Crippen LogP contribution in [0.1, 0.15) is 41.4 Å². The number of para-hydroxylation sites is 1. The molecule has 2 aliphatic rings. The van der Waals surface area contributed by atoms with Crippen molar-refractivity contribution in [3.05, 3.63) is 59.2 Å². The Morgan fingerprint density at radius 3 is 2.76 bits per heavy atom. The molecule has 0 radical (unpaired) electrons. The van der Waals surface area contributed by atoms with Crippen molar-refractivity contribution in [3.8, 4) is 5.69 Å². The predicted octanol–water partition coefficient (Wildman–Crippen LogP) is 2.47. The first-order valence-electron chi connectivity index (χ1n) is 9.12. The zero-order valence-corrected chi connectivity index (χ0v) is 14.2. The lowest BCUT2D eigenvalue weighted by Crippen LogP contribution is -2.26. The first-order chi connectivity index (χ1) is 12.4. The van der Waals surface area contributed by atoms with Crippen molar-refractivity contribution in [1.29, 1.82) is 0 Å². The molecule has 0 bridgehead atoms. The molecule has 6 nitrogen and oxygen atoms in total. The van der Waals surface area contributed by atoms with Crippen LogP contribution in [0.4, 0.5) is 0 Å². The summed E-state index contributed by atoms with van der Waals surface area (Å²) >= 11 is 0. The van der Waals surface area contributed by atoms with Crippen molar-refractivity contribution in [1.82, 2.24) is 30.1 Å². The van der Waals surface area contributed by atoms with Crippen molar-refractivity contribution in [2.24, 2.45) is 0 Å². The van der Waals surface area contributed by atoms with E-state index in [2.05, 4.69) is 25.4 Å². The fourth-order valence-electron chi connectivity index (χ4n) is 3.71. The van der Waals surface area contributed by atoms with Crippen molar-refractivity contribution in [2.75, 3.05) is 13.1 Å². The molecule has 128 valence electrons. The number of rotatable bonds is 4. The molecular formula is C19H22N6. The third-order valence-electron chi connectivity index (χ3n) is 5.25. The van der Waals surface area contributed by atoms with Crippen molar-refractivity contribution in [2.45, 2.75) is 38.1 Å². The van der Waals surface area contributed by atoms with E-state index in [9.17, 15) is 0 Å². The second-order valence-corrected chi connectivity index (χ2v) is 7.11. The molecule has 0 amide bonds. The zero-order valence-electron chi connectivity index (χ0n) is 14.2. The number of aromatic amines is 1. The largest absolute Gasteiger partial charge is 0.297 e. The van der Waals surface area contributed by atoms with Gasteiger partial charge >= 0.3 is 0 Å². The smallest absolute Gasteiger partial charge is 0.0971 e. The lowest BCUT2D eigenvalue weighted by Gasteiger charge is -2.17. The lowest BCUT2D eigenvalue weighted by molar-refractivity contribution is 0.275. The van der Waals surface area contributed by atoms with Gasteiger partial charge in [-0.3, -0.25) is 10.00 Å². The number of hydrogen-bond donors (Lipinski definition) is 1. The molecule has 1 saturated carbocycles. The standard InChI is InChI=1S/C19H22N6/c1-2-4-16(5-3-1)25-13-15(20-23-25)12-24-10-8-17-18(9-11-24)21-22-19(17)14-6-7-14/h1-5,13-14H,6-12H2,(H,21,22). The molecule has 1 fully saturated rings. The highest BCUT2D eigenvalue weighted by atomic mass is 15.4. The minimum absolute atomic E-state index is 0.720. The van der Waals surface area contributed by atoms with Gasteiger partial charge in [0.05, 0.1) is 23.3 Å². The summed E-state index contributed by atoms with van der Waals surface area (Å²) in [4.78, 5) is 2.48. The summed E-state index contributed by atoms with van der Waals surface area (Å²) in [6.45, 7) is 2.95. The fraction of sp³-hybridized carbons (Fsp3) is 0.421. The topological polar surface area (TPSA) is 62.6 Å². The van der Waals surface area contributed by atoms with Gasteiger partial charge in [-0.1, -0.05) is 23.4 Å². The van der Waals surface area contributed by atoms with E-state index in [0.717, 1.165) is 49.8 Å². The monoisotopic (exact) mass is 334 g/mol. The molecule has 1 aromatic carbocycles. The van der Waals surface area contributed by atoms with Gasteiger partial charge in [0, 0.05) is 37.7 Å². The second-order valence-electron chi connectivity index (χ2n) is 7.11. The second kappa shape index (κ2) is 6.11. The van der Waals surface area contributed by atoms with Crippen LogP contribution in [0.3, 0.4) is 0 Å². The van der Waals surface area contributed by atoms with Crippen molar-refractivity contribution >= 4 is 0 Å². The Bertz CT molecular complexity index is 861. The Kier molecular flexibility index (Phi) is 3.63. The average Bonchev–Trinajstić information content (AvgIpc) is 3.31. The van der Waals surface area contributed by atoms with Crippen molar-refractivity contribution < 1.29 is 0 Å². The summed E-state index contributed by atoms with van der Waals surface area (Å²) in [5.41, 5.74) is 6.24. The van der Waals surface area contributed by atoms with E-state index in [1.54, 1.807) is 0 Å². The van der Waals surface area contributed by atoms with Crippen LogP contribution in [-0.2, 0) is 19.4 Å². The highest BCUT2D eigenvalue weighted by Crippen LogP contribution is 2.41. The third-order valence-corrected chi connectivity index (χ3v) is 5.25. The van der Waals surface area contributed by atoms with Gasteiger partial charge in [0.25, 0.3) is 0 Å². The third kappa shape index (κ3) is 2.98. The molecule has 0 atom stereocenters. The molecule has 5 rings (SSSR count). The highest BCUT2D eigenvalue weighted by Gasteiger charge is 2.31. The number of fused-ring (bicyclic) bond motifs is 1. The van der Waals surface area contributed by atoms with E-state index in [4.69, 9.17) is 0 Å². The molecule has 3 aromatic rings. The van der Waals surface area contributed by atoms with E-state index < -0.39 is 0 Å². The van der Waals surface area contributed by atoms with Crippen LogP contribution in [-0.4, -0.2) is 43.2 Å². The maximum absolute atomic E-state index is 4.58. The number of H-pyrrole nitrogens is 1. The summed E-state index contributed by atoms with van der Waals surface area (Å²) < 4.78 is 1.85. The first kappa shape index (κ1) is 14.8. The van der Waals surface area contributed by atoms with E-state index in [1.807, 2.05) is 41.2 Å². The van der Waals surface area contributed by atoms with Crippen LogP contribution in [0.25, 0.3) is 5.69 Å². The molecule has 1 aliphatic carbocycles. The number of benzene rings is 1. The SMILES string of the molecule is c1ccc(-n2cc(CN3CCc4[nH]nc(C5CC5)c4CC3)nn2)cc1. The van der Waals surface area contributed by atoms with Gasteiger partial charge in [-0.2, -0.15) is 5.10 Å². The van der Waals surface area contributed by atoms with Crippen LogP contribution >= 0.6 is 0 Å². The van der Waals surface area contributed by atoms with Crippen LogP contribution in [0.5, 0.6) is 0 Å². The van der Waals surface area contributed by atoms with Gasteiger partial charge in [0.2, 0.25) is 0 Å². The maximum Gasteiger partial charge on any atom is 0.0971 e. The molecule has 1 N–H and O–H groups in total. The molecule has 2 aromatic heterocycles. The Labute approximate surface area is 146 Å². The Balaban J connectivity index is 1.27. The maximum atomic E-state index is 4.58. The summed E-state index contributed by atoms with van der Waals surface area (Å²) in [6, 6.07) is 10.1. The molecule has 0 unspecified atom stereocenters. The lowest BCUT2D eigenvalue weighted by atomic mass is 10.1. The predicted molar refractivity (Wildman–Crippen MR) is 94.6 cm³/mol. The van der Waals surface area contributed by atoms with Gasteiger partial charge < -0.3 is 0 Å². The number of nitrogens with zero attached hydrogens (tertiary/aromatic N) is 5. The minimum atomic E-state index is 0.720.